The molecule has 25 heavy (non-hydrogen) atoms. The number of hydrogen-bond donors (Lipinski definition) is 1. The third-order valence-electron chi connectivity index (χ3n) is 5.52. The number of carbonyl (C=O) groups excluding carboxylic acids is 1. The molecule has 0 aromatic carbocycles. The van der Waals surface area contributed by atoms with Gasteiger partial charge in [0.05, 0.1) is 18.4 Å². The number of aliphatic carboxylic acids is 1. The van der Waals surface area contributed by atoms with Gasteiger partial charge in [0, 0.05) is 0 Å². The molecule has 1 fully saturated rings. The van der Waals surface area contributed by atoms with Crippen LogP contribution in [0, 0.1) is 17.8 Å². The van der Waals surface area contributed by atoms with Crippen LogP contribution < -0.4 is 0 Å². The zero-order valence-electron chi connectivity index (χ0n) is 16.3. The Balaban J connectivity index is 2.16. The molecule has 0 radical (unpaired) electrons. The number of unbranched alkanes of at least 4 members (excludes halogenated alkanes) is 3. The van der Waals surface area contributed by atoms with Gasteiger partial charge in [-0.15, -0.1) is 0 Å². The van der Waals surface area contributed by atoms with Crippen molar-refractivity contribution < 1.29 is 19.4 Å². The summed E-state index contributed by atoms with van der Waals surface area (Å²) >= 11 is 0. The van der Waals surface area contributed by atoms with Crippen molar-refractivity contribution in [3.8, 4) is 0 Å². The van der Waals surface area contributed by atoms with E-state index in [-0.39, 0.29) is 17.8 Å². The van der Waals surface area contributed by atoms with E-state index in [0.717, 1.165) is 31.6 Å². The fourth-order valence-electron chi connectivity index (χ4n) is 3.98. The maximum Gasteiger partial charge on any atom is 0.308 e. The summed E-state index contributed by atoms with van der Waals surface area (Å²) in [5, 5.41) is 9.10. The van der Waals surface area contributed by atoms with Crippen molar-refractivity contribution in [1.82, 2.24) is 0 Å². The molecule has 4 heteroatoms. The fourth-order valence-corrected chi connectivity index (χ4v) is 3.98. The van der Waals surface area contributed by atoms with Crippen molar-refractivity contribution in [2.75, 3.05) is 6.61 Å². The zero-order chi connectivity index (χ0) is 18.5. The average Bonchev–Trinajstić information content (AvgIpc) is 2.61. The summed E-state index contributed by atoms with van der Waals surface area (Å²) in [7, 11) is 0. The van der Waals surface area contributed by atoms with Crippen LogP contribution in [0.25, 0.3) is 0 Å². The Morgan fingerprint density at radius 3 is 2.28 bits per heavy atom. The van der Waals surface area contributed by atoms with Gasteiger partial charge in [-0.05, 0) is 38.0 Å². The number of hydrogen-bond acceptors (Lipinski definition) is 3. The largest absolute Gasteiger partial charge is 0.481 e. The minimum absolute atomic E-state index is 0.181. The number of carboxylic acid groups (broad SMARTS) is 1. The molecule has 3 atom stereocenters. The van der Waals surface area contributed by atoms with Gasteiger partial charge in [0.1, 0.15) is 0 Å². The Hall–Kier alpha value is -1.06. The predicted molar refractivity (Wildman–Crippen MR) is 100 cm³/mol. The van der Waals surface area contributed by atoms with Crippen molar-refractivity contribution in [2.24, 2.45) is 17.8 Å². The average molecular weight is 355 g/mol. The standard InChI is InChI=1S/C21H38O4/c1-3-5-6-11-17(10-4-2)12-7-8-15-25-21(24)19-14-9-13-18(16-19)20(22)23/h17-19H,3-16H2,1-2H3,(H,22,23). The highest BCUT2D eigenvalue weighted by atomic mass is 16.5. The molecule has 0 bridgehead atoms. The van der Waals surface area contributed by atoms with Crippen LogP contribution in [-0.4, -0.2) is 23.7 Å². The second-order valence-electron chi connectivity index (χ2n) is 7.71. The highest BCUT2D eigenvalue weighted by Gasteiger charge is 2.31. The van der Waals surface area contributed by atoms with E-state index in [2.05, 4.69) is 13.8 Å². The maximum absolute atomic E-state index is 12.1. The van der Waals surface area contributed by atoms with E-state index in [9.17, 15) is 9.59 Å². The first-order valence-corrected chi connectivity index (χ1v) is 10.5. The van der Waals surface area contributed by atoms with Gasteiger partial charge >= 0.3 is 11.9 Å². The fraction of sp³-hybridized carbons (Fsp3) is 0.905. The summed E-state index contributed by atoms with van der Waals surface area (Å²) < 4.78 is 5.42. The Kier molecular flexibility index (Phi) is 11.6. The third kappa shape index (κ3) is 9.27. The van der Waals surface area contributed by atoms with E-state index in [1.165, 1.54) is 44.9 Å². The molecule has 1 rings (SSSR count). The van der Waals surface area contributed by atoms with Crippen LogP contribution in [0.5, 0.6) is 0 Å². The van der Waals surface area contributed by atoms with Crippen LogP contribution in [0.4, 0.5) is 0 Å². The first-order chi connectivity index (χ1) is 12.1. The van der Waals surface area contributed by atoms with Gasteiger partial charge in [-0.1, -0.05) is 65.2 Å². The van der Waals surface area contributed by atoms with E-state index in [0.29, 0.717) is 19.4 Å². The SMILES string of the molecule is CCCCCC(CCC)CCCCOC(=O)C1CCCC(C(=O)O)C1. The molecule has 146 valence electrons. The molecule has 0 amide bonds. The molecule has 0 spiro atoms. The lowest BCUT2D eigenvalue weighted by atomic mass is 9.81. The van der Waals surface area contributed by atoms with Crippen LogP contribution in [-0.2, 0) is 14.3 Å². The lowest BCUT2D eigenvalue weighted by Crippen LogP contribution is -2.28. The number of carbonyl (C=O) groups is 2. The first kappa shape index (κ1) is 22.0. The van der Waals surface area contributed by atoms with Gasteiger partial charge in [0.2, 0.25) is 0 Å². The van der Waals surface area contributed by atoms with Crippen LogP contribution >= 0.6 is 0 Å². The van der Waals surface area contributed by atoms with Crippen LogP contribution in [0.15, 0.2) is 0 Å². The second kappa shape index (κ2) is 13.2. The van der Waals surface area contributed by atoms with E-state index in [1.807, 2.05) is 0 Å². The second-order valence-corrected chi connectivity index (χ2v) is 7.71. The lowest BCUT2D eigenvalue weighted by Gasteiger charge is -2.25. The molecule has 3 unspecified atom stereocenters. The van der Waals surface area contributed by atoms with E-state index < -0.39 is 5.97 Å². The van der Waals surface area contributed by atoms with Gasteiger partial charge < -0.3 is 9.84 Å². The number of rotatable bonds is 13. The number of ether oxygens (including phenoxy) is 1. The summed E-state index contributed by atoms with van der Waals surface area (Å²) in [6, 6.07) is 0. The van der Waals surface area contributed by atoms with Gasteiger partial charge in [0.25, 0.3) is 0 Å². The van der Waals surface area contributed by atoms with Gasteiger partial charge in [-0.25, -0.2) is 0 Å². The van der Waals surface area contributed by atoms with Gasteiger partial charge in [-0.2, -0.15) is 0 Å². The Bertz CT molecular complexity index is 380. The number of esters is 1. The lowest BCUT2D eigenvalue weighted by molar-refractivity contribution is -0.152. The van der Waals surface area contributed by atoms with E-state index in [1.54, 1.807) is 0 Å². The molecule has 1 saturated carbocycles. The minimum Gasteiger partial charge on any atom is -0.481 e. The third-order valence-corrected chi connectivity index (χ3v) is 5.52. The number of carboxylic acids is 1. The van der Waals surface area contributed by atoms with Crippen molar-refractivity contribution in [3.05, 3.63) is 0 Å². The summed E-state index contributed by atoms with van der Waals surface area (Å²) in [4.78, 5) is 23.2. The summed E-state index contributed by atoms with van der Waals surface area (Å²) in [5.74, 6) is -0.718. The quantitative estimate of drug-likeness (QED) is 0.346. The summed E-state index contributed by atoms with van der Waals surface area (Å²) in [6.45, 7) is 4.98. The molecule has 1 N–H and O–H groups in total. The molecule has 0 aromatic rings. The molecule has 0 heterocycles. The molecule has 0 aliphatic heterocycles. The Labute approximate surface area is 153 Å². The molecular formula is C21H38O4. The smallest absolute Gasteiger partial charge is 0.308 e. The normalized spacial score (nSPS) is 21.7. The van der Waals surface area contributed by atoms with Crippen molar-refractivity contribution in [1.29, 1.82) is 0 Å². The molecule has 0 aromatic heterocycles. The molecule has 4 nitrogen and oxygen atoms in total. The minimum atomic E-state index is -0.775. The topological polar surface area (TPSA) is 63.6 Å². The van der Waals surface area contributed by atoms with Crippen LogP contribution in [0.3, 0.4) is 0 Å². The van der Waals surface area contributed by atoms with Gasteiger partial charge in [0.15, 0.2) is 0 Å². The van der Waals surface area contributed by atoms with Crippen LogP contribution in [0.2, 0.25) is 0 Å². The first-order valence-electron chi connectivity index (χ1n) is 10.5. The predicted octanol–water partition coefficient (Wildman–Crippen LogP) is 5.59. The van der Waals surface area contributed by atoms with Crippen molar-refractivity contribution >= 4 is 11.9 Å². The summed E-state index contributed by atoms with van der Waals surface area (Å²) in [6.07, 6.45) is 13.8. The van der Waals surface area contributed by atoms with Gasteiger partial charge in [-0.3, -0.25) is 9.59 Å². The highest BCUT2D eigenvalue weighted by molar-refractivity contribution is 5.75. The van der Waals surface area contributed by atoms with E-state index >= 15 is 0 Å². The Morgan fingerprint density at radius 1 is 0.960 bits per heavy atom. The molecule has 0 saturated heterocycles. The van der Waals surface area contributed by atoms with Crippen molar-refractivity contribution in [3.63, 3.8) is 0 Å². The summed E-state index contributed by atoms with van der Waals surface area (Å²) in [5.41, 5.74) is 0. The zero-order valence-corrected chi connectivity index (χ0v) is 16.3. The Morgan fingerprint density at radius 2 is 1.64 bits per heavy atom. The van der Waals surface area contributed by atoms with Crippen molar-refractivity contribution in [2.45, 2.75) is 97.3 Å². The highest BCUT2D eigenvalue weighted by Crippen LogP contribution is 2.30. The molecule has 1 aliphatic carbocycles. The molecular weight excluding hydrogens is 316 g/mol. The molecule has 1 aliphatic rings. The van der Waals surface area contributed by atoms with Crippen LogP contribution in [0.1, 0.15) is 97.3 Å². The maximum atomic E-state index is 12.1. The van der Waals surface area contributed by atoms with E-state index in [4.69, 9.17) is 9.84 Å². The monoisotopic (exact) mass is 354 g/mol.